The van der Waals surface area contributed by atoms with Gasteiger partial charge < -0.3 is 9.80 Å². The van der Waals surface area contributed by atoms with E-state index in [1.807, 2.05) is 4.90 Å². The number of aromatic amines is 1. The molecule has 0 radical (unpaired) electrons. The van der Waals surface area contributed by atoms with Gasteiger partial charge in [-0.2, -0.15) is 5.10 Å². The van der Waals surface area contributed by atoms with Crippen molar-refractivity contribution in [3.63, 3.8) is 0 Å². The number of rotatable bonds is 3. The van der Waals surface area contributed by atoms with E-state index in [4.69, 9.17) is 0 Å². The Balaban J connectivity index is 1.41. The maximum Gasteiger partial charge on any atom is 0.272 e. The second-order valence-electron chi connectivity index (χ2n) is 6.79. The van der Waals surface area contributed by atoms with E-state index >= 15 is 0 Å². The lowest BCUT2D eigenvalue weighted by atomic mass is 10.1. The van der Waals surface area contributed by atoms with Crippen LogP contribution in [-0.4, -0.2) is 47.2 Å². The fourth-order valence-electron chi connectivity index (χ4n) is 3.29. The van der Waals surface area contributed by atoms with Crippen LogP contribution in [0.5, 0.6) is 0 Å². The molecule has 27 heavy (non-hydrogen) atoms. The first-order chi connectivity index (χ1) is 13.1. The Morgan fingerprint density at radius 1 is 1.00 bits per heavy atom. The van der Waals surface area contributed by atoms with E-state index in [0.29, 0.717) is 24.5 Å². The number of halogens is 1. The van der Waals surface area contributed by atoms with Gasteiger partial charge in [-0.15, -0.1) is 0 Å². The maximum atomic E-state index is 13.1. The van der Waals surface area contributed by atoms with Gasteiger partial charge in [0.1, 0.15) is 11.5 Å². The van der Waals surface area contributed by atoms with Crippen molar-refractivity contribution in [2.24, 2.45) is 0 Å². The summed E-state index contributed by atoms with van der Waals surface area (Å²) in [6.07, 6.45) is 0. The van der Waals surface area contributed by atoms with Crippen LogP contribution in [0.25, 0.3) is 11.3 Å². The molecule has 0 aliphatic carbocycles. The zero-order valence-corrected chi connectivity index (χ0v) is 15.2. The number of aromatic nitrogens is 2. The smallest absolute Gasteiger partial charge is 0.272 e. The van der Waals surface area contributed by atoms with Crippen molar-refractivity contribution in [1.82, 2.24) is 15.1 Å². The summed E-state index contributed by atoms with van der Waals surface area (Å²) in [7, 11) is 0. The third-order valence-corrected chi connectivity index (χ3v) is 4.91. The molecule has 1 fully saturated rings. The highest BCUT2D eigenvalue weighted by atomic mass is 19.1. The van der Waals surface area contributed by atoms with E-state index in [2.05, 4.69) is 46.3 Å². The van der Waals surface area contributed by atoms with Crippen molar-refractivity contribution in [3.8, 4) is 11.3 Å². The largest absolute Gasteiger partial charge is 0.368 e. The molecule has 0 atom stereocenters. The van der Waals surface area contributed by atoms with Gasteiger partial charge in [-0.3, -0.25) is 9.89 Å². The minimum atomic E-state index is -0.294. The molecule has 0 unspecified atom stereocenters. The number of carbonyl (C=O) groups excluding carboxylic acids is 1. The highest BCUT2D eigenvalue weighted by Gasteiger charge is 2.23. The number of nitrogens with zero attached hydrogens (tertiary/aromatic N) is 3. The Kier molecular flexibility index (Phi) is 4.62. The van der Waals surface area contributed by atoms with Crippen molar-refractivity contribution in [3.05, 3.63) is 71.7 Å². The fourth-order valence-corrected chi connectivity index (χ4v) is 3.29. The monoisotopic (exact) mass is 364 g/mol. The third kappa shape index (κ3) is 3.69. The van der Waals surface area contributed by atoms with Crippen molar-refractivity contribution in [2.75, 3.05) is 31.1 Å². The average molecular weight is 364 g/mol. The molecule has 6 heteroatoms. The molecule has 1 amide bonds. The summed E-state index contributed by atoms with van der Waals surface area (Å²) in [5.41, 5.74) is 4.29. The number of carbonyl (C=O) groups is 1. The van der Waals surface area contributed by atoms with Crippen molar-refractivity contribution < 1.29 is 9.18 Å². The van der Waals surface area contributed by atoms with Crippen LogP contribution in [0.2, 0.25) is 0 Å². The van der Waals surface area contributed by atoms with Crippen LogP contribution >= 0.6 is 0 Å². The van der Waals surface area contributed by atoms with Gasteiger partial charge in [-0.25, -0.2) is 4.39 Å². The maximum absolute atomic E-state index is 13.1. The van der Waals surface area contributed by atoms with E-state index in [0.717, 1.165) is 18.7 Å². The molecule has 0 saturated carbocycles. The molecular weight excluding hydrogens is 343 g/mol. The van der Waals surface area contributed by atoms with Crippen molar-refractivity contribution in [2.45, 2.75) is 6.92 Å². The summed E-state index contributed by atoms with van der Waals surface area (Å²) >= 11 is 0. The van der Waals surface area contributed by atoms with Gasteiger partial charge in [-0.05, 0) is 49.4 Å². The number of H-pyrrole nitrogens is 1. The standard InChI is InChI=1S/C21H21FN4O/c1-15-2-8-18(9-3-15)25-10-12-26(13-11-25)21(27)20-14-19(23-24-20)16-4-6-17(22)7-5-16/h2-9,14H,10-13H2,1H3,(H,23,24). The lowest BCUT2D eigenvalue weighted by Crippen LogP contribution is -2.48. The Morgan fingerprint density at radius 2 is 1.67 bits per heavy atom. The van der Waals surface area contributed by atoms with E-state index in [-0.39, 0.29) is 11.7 Å². The number of hydrogen-bond donors (Lipinski definition) is 1. The molecule has 1 aliphatic heterocycles. The van der Waals surface area contributed by atoms with Crippen LogP contribution in [-0.2, 0) is 0 Å². The normalized spacial score (nSPS) is 14.4. The number of hydrogen-bond acceptors (Lipinski definition) is 3. The van der Waals surface area contributed by atoms with Gasteiger partial charge in [-0.1, -0.05) is 17.7 Å². The summed E-state index contributed by atoms with van der Waals surface area (Å²) < 4.78 is 13.1. The van der Waals surface area contributed by atoms with Crippen molar-refractivity contribution in [1.29, 1.82) is 0 Å². The second kappa shape index (κ2) is 7.23. The summed E-state index contributed by atoms with van der Waals surface area (Å²) in [6, 6.07) is 16.3. The van der Waals surface area contributed by atoms with Crippen LogP contribution in [0.15, 0.2) is 54.6 Å². The second-order valence-corrected chi connectivity index (χ2v) is 6.79. The van der Waals surface area contributed by atoms with E-state index in [1.165, 1.54) is 23.4 Å². The molecular formula is C21H21FN4O. The van der Waals surface area contributed by atoms with Gasteiger partial charge in [0.2, 0.25) is 0 Å². The molecule has 0 bridgehead atoms. The lowest BCUT2D eigenvalue weighted by molar-refractivity contribution is 0.0741. The first-order valence-corrected chi connectivity index (χ1v) is 9.02. The molecule has 5 nitrogen and oxygen atoms in total. The number of anilines is 1. The first kappa shape index (κ1) is 17.3. The zero-order chi connectivity index (χ0) is 18.8. The van der Waals surface area contributed by atoms with Crippen LogP contribution in [0.4, 0.5) is 10.1 Å². The fraction of sp³-hybridized carbons (Fsp3) is 0.238. The Labute approximate surface area is 157 Å². The molecule has 3 aromatic rings. The Hall–Kier alpha value is -3.15. The predicted octanol–water partition coefficient (Wildman–Crippen LogP) is 3.49. The molecule has 2 heterocycles. The quantitative estimate of drug-likeness (QED) is 0.774. The molecule has 138 valence electrons. The van der Waals surface area contributed by atoms with Crippen LogP contribution < -0.4 is 4.90 Å². The Bertz CT molecular complexity index is 926. The number of benzene rings is 2. The van der Waals surface area contributed by atoms with Gasteiger partial charge in [0.25, 0.3) is 5.91 Å². The molecule has 1 aromatic heterocycles. The van der Waals surface area contributed by atoms with Gasteiger partial charge in [0.05, 0.1) is 5.69 Å². The number of amides is 1. The van der Waals surface area contributed by atoms with Gasteiger partial charge in [0, 0.05) is 37.4 Å². The average Bonchev–Trinajstić information content (AvgIpc) is 3.19. The van der Waals surface area contributed by atoms with Gasteiger partial charge >= 0.3 is 0 Å². The molecule has 4 rings (SSSR count). The van der Waals surface area contributed by atoms with Crippen molar-refractivity contribution >= 4 is 11.6 Å². The third-order valence-electron chi connectivity index (χ3n) is 4.91. The number of aryl methyl sites for hydroxylation is 1. The summed E-state index contributed by atoms with van der Waals surface area (Å²) in [5.74, 6) is -0.351. The summed E-state index contributed by atoms with van der Waals surface area (Å²) in [5, 5.41) is 7.01. The minimum absolute atomic E-state index is 0.0561. The topological polar surface area (TPSA) is 52.2 Å². The molecule has 0 spiro atoms. The predicted molar refractivity (Wildman–Crippen MR) is 103 cm³/mol. The van der Waals surface area contributed by atoms with Crippen LogP contribution in [0.1, 0.15) is 16.1 Å². The summed E-state index contributed by atoms with van der Waals surface area (Å²) in [6.45, 7) is 5.00. The lowest BCUT2D eigenvalue weighted by Gasteiger charge is -2.36. The zero-order valence-electron chi connectivity index (χ0n) is 15.2. The highest BCUT2D eigenvalue weighted by Crippen LogP contribution is 2.20. The number of nitrogens with one attached hydrogen (secondary N) is 1. The molecule has 2 aromatic carbocycles. The summed E-state index contributed by atoms with van der Waals surface area (Å²) in [4.78, 5) is 16.9. The van der Waals surface area contributed by atoms with Crippen LogP contribution in [0.3, 0.4) is 0 Å². The molecule has 1 N–H and O–H groups in total. The van der Waals surface area contributed by atoms with E-state index in [1.54, 1.807) is 18.2 Å². The van der Waals surface area contributed by atoms with E-state index < -0.39 is 0 Å². The van der Waals surface area contributed by atoms with E-state index in [9.17, 15) is 9.18 Å². The molecule has 1 saturated heterocycles. The number of piperazine rings is 1. The molecule has 1 aliphatic rings. The Morgan fingerprint density at radius 3 is 2.33 bits per heavy atom. The SMILES string of the molecule is Cc1ccc(N2CCN(C(=O)c3cc(-c4ccc(F)cc4)n[nH]3)CC2)cc1. The van der Waals surface area contributed by atoms with Crippen LogP contribution in [0, 0.1) is 12.7 Å². The van der Waals surface area contributed by atoms with Gasteiger partial charge in [0.15, 0.2) is 0 Å². The first-order valence-electron chi connectivity index (χ1n) is 9.02. The minimum Gasteiger partial charge on any atom is -0.368 e. The highest BCUT2D eigenvalue weighted by molar-refractivity contribution is 5.93.